The highest BCUT2D eigenvalue weighted by molar-refractivity contribution is 8.02. The summed E-state index contributed by atoms with van der Waals surface area (Å²) >= 11 is 6.99. The van der Waals surface area contributed by atoms with E-state index in [2.05, 4.69) is 44.5 Å². The molecule has 0 saturated heterocycles. The van der Waals surface area contributed by atoms with Crippen molar-refractivity contribution in [2.45, 2.75) is 0 Å². The quantitative estimate of drug-likeness (QED) is 0.602. The van der Waals surface area contributed by atoms with Gasteiger partial charge in [0.25, 0.3) is 0 Å². The van der Waals surface area contributed by atoms with Crippen molar-refractivity contribution in [3.8, 4) is 19.5 Å². The van der Waals surface area contributed by atoms with Crippen LogP contribution in [0.25, 0.3) is 19.5 Å². The van der Waals surface area contributed by atoms with Crippen LogP contribution in [-0.4, -0.2) is 0 Å². The van der Waals surface area contributed by atoms with E-state index in [-0.39, 0.29) is 0 Å². The second kappa shape index (κ2) is 4.31. The lowest BCUT2D eigenvalue weighted by Crippen LogP contribution is -1.79. The predicted octanol–water partition coefficient (Wildman–Crippen LogP) is 5.61. The lowest BCUT2D eigenvalue weighted by molar-refractivity contribution is 1.85. The molecule has 0 bridgehead atoms. The van der Waals surface area contributed by atoms with Crippen LogP contribution in [0.5, 0.6) is 0 Å². The number of nitrogens with one attached hydrogen (secondary N) is 2. The molecule has 3 aromatic rings. The lowest BCUT2D eigenvalue weighted by atomic mass is 10.2. The highest BCUT2D eigenvalue weighted by Gasteiger charge is 2.25. The van der Waals surface area contributed by atoms with Crippen LogP contribution in [0.1, 0.15) is 0 Å². The average Bonchev–Trinajstić information content (AvgIpc) is 3.14. The van der Waals surface area contributed by atoms with Gasteiger partial charge < -0.3 is 9.44 Å². The van der Waals surface area contributed by atoms with Crippen molar-refractivity contribution in [1.29, 1.82) is 0 Å². The Bertz CT molecular complexity index is 611. The van der Waals surface area contributed by atoms with E-state index in [4.69, 9.17) is 0 Å². The summed E-state index contributed by atoms with van der Waals surface area (Å²) in [5.74, 6) is 0. The third-order valence-electron chi connectivity index (χ3n) is 2.70. The minimum absolute atomic E-state index is 1.23. The van der Waals surface area contributed by atoms with Gasteiger partial charge in [0.15, 0.2) is 0 Å². The molecule has 0 fully saturated rings. The number of hydrogen-bond donors (Lipinski definition) is 2. The number of hydrogen-bond acceptors (Lipinski definition) is 6. The first-order valence-corrected chi connectivity index (χ1v) is 8.75. The Balaban J connectivity index is 1.94. The number of fused-ring (bicyclic) bond motifs is 1. The Labute approximate surface area is 121 Å². The number of rotatable bonds is 2. The van der Waals surface area contributed by atoms with Crippen molar-refractivity contribution >= 4 is 57.5 Å². The van der Waals surface area contributed by atoms with Gasteiger partial charge in [-0.25, -0.2) is 0 Å². The van der Waals surface area contributed by atoms with Crippen molar-refractivity contribution < 1.29 is 0 Å². The molecule has 1 aliphatic rings. The van der Waals surface area contributed by atoms with E-state index in [0.717, 1.165) is 0 Å². The zero-order valence-corrected chi connectivity index (χ0v) is 12.4. The molecular weight excluding hydrogens is 300 g/mol. The molecule has 0 aliphatic carbocycles. The molecule has 2 N–H and O–H groups in total. The SMILES string of the molecule is c1csc(-c2sc(-c3cccs3)c3c2NSN3)c1. The summed E-state index contributed by atoms with van der Waals surface area (Å²) in [7, 11) is 0. The van der Waals surface area contributed by atoms with E-state index in [1.54, 1.807) is 34.8 Å². The van der Waals surface area contributed by atoms with Gasteiger partial charge >= 0.3 is 0 Å². The number of anilines is 2. The minimum atomic E-state index is 1.23. The van der Waals surface area contributed by atoms with Gasteiger partial charge in [-0.1, -0.05) is 12.1 Å². The van der Waals surface area contributed by atoms with Crippen LogP contribution in [0.2, 0.25) is 0 Å². The van der Waals surface area contributed by atoms with Crippen LogP contribution in [0.3, 0.4) is 0 Å². The van der Waals surface area contributed by atoms with Crippen LogP contribution in [0.15, 0.2) is 35.0 Å². The molecule has 0 unspecified atom stereocenters. The molecule has 0 saturated carbocycles. The summed E-state index contributed by atoms with van der Waals surface area (Å²) in [6.07, 6.45) is 0. The van der Waals surface area contributed by atoms with E-state index < -0.39 is 0 Å². The van der Waals surface area contributed by atoms with Gasteiger partial charge in [-0.05, 0) is 22.9 Å². The maximum Gasteiger partial charge on any atom is 0.0902 e. The fourth-order valence-corrected chi connectivity index (χ4v) is 5.64. The zero-order valence-electron chi connectivity index (χ0n) is 9.10. The smallest absolute Gasteiger partial charge is 0.0902 e. The molecule has 6 heteroatoms. The third kappa shape index (κ3) is 1.60. The summed E-state index contributed by atoms with van der Waals surface area (Å²) in [4.78, 5) is 5.33. The van der Waals surface area contributed by atoms with E-state index in [1.165, 1.54) is 30.9 Å². The average molecular weight is 308 g/mol. The minimum Gasteiger partial charge on any atom is -0.309 e. The second-order valence-corrected chi connectivity index (χ2v) is 7.30. The molecule has 0 radical (unpaired) electrons. The Morgan fingerprint density at radius 1 is 0.778 bits per heavy atom. The molecule has 4 heterocycles. The van der Waals surface area contributed by atoms with Crippen molar-refractivity contribution in [3.63, 3.8) is 0 Å². The Hall–Kier alpha value is -0.950. The van der Waals surface area contributed by atoms with Crippen LogP contribution in [0, 0.1) is 0 Å². The normalized spacial score (nSPS) is 13.1. The van der Waals surface area contributed by atoms with Crippen LogP contribution >= 0.6 is 46.1 Å². The molecule has 3 aromatic heterocycles. The number of thiophene rings is 3. The first-order valence-electron chi connectivity index (χ1n) is 5.36. The van der Waals surface area contributed by atoms with E-state index in [0.29, 0.717) is 0 Å². The van der Waals surface area contributed by atoms with Crippen LogP contribution < -0.4 is 9.44 Å². The van der Waals surface area contributed by atoms with Gasteiger partial charge in [0.05, 0.1) is 33.3 Å². The third-order valence-corrected chi connectivity index (χ3v) is 6.61. The maximum absolute atomic E-state index is 3.37. The molecule has 0 amide bonds. The molecular formula is C12H8N2S4. The summed E-state index contributed by atoms with van der Waals surface area (Å²) < 4.78 is 6.73. The fourth-order valence-electron chi connectivity index (χ4n) is 1.92. The molecule has 18 heavy (non-hydrogen) atoms. The standard InChI is InChI=1S/C12H8N2S4/c1-3-7(15-5-1)11-9-10(14-18-13-9)12(17-11)8-4-2-6-16-8/h1-6,13-14H. The lowest BCUT2D eigenvalue weighted by Gasteiger charge is -1.97. The molecule has 2 nitrogen and oxygen atoms in total. The van der Waals surface area contributed by atoms with Crippen molar-refractivity contribution in [3.05, 3.63) is 35.0 Å². The Morgan fingerprint density at radius 3 is 1.78 bits per heavy atom. The topological polar surface area (TPSA) is 24.1 Å². The van der Waals surface area contributed by atoms with Gasteiger partial charge in [0, 0.05) is 9.75 Å². The van der Waals surface area contributed by atoms with E-state index in [9.17, 15) is 0 Å². The van der Waals surface area contributed by atoms with Crippen molar-refractivity contribution in [2.24, 2.45) is 0 Å². The first-order chi connectivity index (χ1) is 8.93. The molecule has 4 rings (SSSR count). The van der Waals surface area contributed by atoms with Gasteiger partial charge in [-0.2, -0.15) is 0 Å². The summed E-state index contributed by atoms with van der Waals surface area (Å²) in [6, 6.07) is 8.57. The maximum atomic E-state index is 3.37. The highest BCUT2D eigenvalue weighted by atomic mass is 32.2. The van der Waals surface area contributed by atoms with Crippen molar-refractivity contribution in [2.75, 3.05) is 9.44 Å². The second-order valence-electron chi connectivity index (χ2n) is 3.77. The molecule has 1 aliphatic heterocycles. The summed E-state index contributed by atoms with van der Waals surface area (Å²) in [6.45, 7) is 0. The first kappa shape index (κ1) is 10.9. The predicted molar refractivity (Wildman–Crippen MR) is 85.8 cm³/mol. The summed E-state index contributed by atoms with van der Waals surface area (Å²) in [5, 5.41) is 4.25. The van der Waals surface area contributed by atoms with Crippen LogP contribution in [0.4, 0.5) is 11.4 Å². The highest BCUT2D eigenvalue weighted by Crippen LogP contribution is 2.54. The van der Waals surface area contributed by atoms with Crippen LogP contribution in [-0.2, 0) is 0 Å². The van der Waals surface area contributed by atoms with E-state index in [1.807, 2.05) is 11.3 Å². The molecule has 0 spiro atoms. The molecule has 0 aromatic carbocycles. The fraction of sp³-hybridized carbons (Fsp3) is 0. The van der Waals surface area contributed by atoms with E-state index >= 15 is 0 Å². The van der Waals surface area contributed by atoms with Gasteiger partial charge in [0.1, 0.15) is 0 Å². The van der Waals surface area contributed by atoms with Gasteiger partial charge in [0.2, 0.25) is 0 Å². The van der Waals surface area contributed by atoms with Crippen molar-refractivity contribution in [1.82, 2.24) is 0 Å². The Kier molecular flexibility index (Phi) is 2.61. The Morgan fingerprint density at radius 2 is 1.33 bits per heavy atom. The largest absolute Gasteiger partial charge is 0.309 e. The zero-order chi connectivity index (χ0) is 11.9. The summed E-state index contributed by atoms with van der Waals surface area (Å²) in [5.41, 5.74) is 2.46. The van der Waals surface area contributed by atoms with Gasteiger partial charge in [-0.15, -0.1) is 34.0 Å². The molecule has 0 atom stereocenters. The molecule has 90 valence electrons. The monoisotopic (exact) mass is 308 g/mol. The van der Waals surface area contributed by atoms with Gasteiger partial charge in [-0.3, -0.25) is 0 Å².